The Morgan fingerprint density at radius 3 is 2.88 bits per heavy atom. The van der Waals surface area contributed by atoms with Crippen LogP contribution in [0.3, 0.4) is 0 Å². The van der Waals surface area contributed by atoms with E-state index in [1.54, 1.807) is 0 Å². The molecule has 0 aliphatic carbocycles. The van der Waals surface area contributed by atoms with Gasteiger partial charge in [-0.1, -0.05) is 24.6 Å². The van der Waals surface area contributed by atoms with E-state index in [0.717, 1.165) is 30.1 Å². The van der Waals surface area contributed by atoms with Crippen LogP contribution in [0.5, 0.6) is 0 Å². The summed E-state index contributed by atoms with van der Waals surface area (Å²) >= 11 is 6.22. The second-order valence-corrected chi connectivity index (χ2v) is 5.36. The number of nitrogens with zero attached hydrogens (tertiary/aromatic N) is 1. The van der Waals surface area contributed by atoms with Crippen molar-refractivity contribution in [1.29, 1.82) is 0 Å². The van der Waals surface area contributed by atoms with Gasteiger partial charge in [0.25, 0.3) is 0 Å². The number of nitrogens with one attached hydrogen (secondary N) is 1. The molecule has 1 heterocycles. The lowest BCUT2D eigenvalue weighted by Gasteiger charge is -2.40. The standard InChI is InChI=1S/C14H21ClN2/c1-4-12-8-16-11(3)9-17(12)13-6-5-10(2)14(15)7-13/h5-7,11-12,16H,4,8-9H2,1-3H3. The van der Waals surface area contributed by atoms with Crippen molar-refractivity contribution >= 4 is 17.3 Å². The van der Waals surface area contributed by atoms with Gasteiger partial charge in [-0.2, -0.15) is 0 Å². The van der Waals surface area contributed by atoms with Gasteiger partial charge in [-0.05, 0) is 38.0 Å². The van der Waals surface area contributed by atoms with Gasteiger partial charge >= 0.3 is 0 Å². The maximum absolute atomic E-state index is 6.22. The molecule has 0 amide bonds. The molecule has 1 aliphatic heterocycles. The summed E-state index contributed by atoms with van der Waals surface area (Å²) in [4.78, 5) is 2.48. The highest BCUT2D eigenvalue weighted by Gasteiger charge is 2.24. The van der Waals surface area contributed by atoms with E-state index in [9.17, 15) is 0 Å². The van der Waals surface area contributed by atoms with Crippen molar-refractivity contribution in [1.82, 2.24) is 5.32 Å². The van der Waals surface area contributed by atoms with Crippen LogP contribution in [-0.2, 0) is 0 Å². The quantitative estimate of drug-likeness (QED) is 0.870. The van der Waals surface area contributed by atoms with Crippen molar-refractivity contribution in [3.05, 3.63) is 28.8 Å². The van der Waals surface area contributed by atoms with E-state index < -0.39 is 0 Å². The van der Waals surface area contributed by atoms with Crippen LogP contribution in [0.15, 0.2) is 18.2 Å². The first kappa shape index (κ1) is 12.7. The fraction of sp³-hybridized carbons (Fsp3) is 0.571. The van der Waals surface area contributed by atoms with E-state index in [-0.39, 0.29) is 0 Å². The van der Waals surface area contributed by atoms with Crippen molar-refractivity contribution in [2.75, 3.05) is 18.0 Å². The zero-order valence-corrected chi connectivity index (χ0v) is 11.6. The number of benzene rings is 1. The lowest BCUT2D eigenvalue weighted by Crippen LogP contribution is -2.55. The van der Waals surface area contributed by atoms with Gasteiger partial charge in [0.2, 0.25) is 0 Å². The molecule has 0 bridgehead atoms. The largest absolute Gasteiger partial charge is 0.366 e. The second kappa shape index (κ2) is 5.28. The summed E-state index contributed by atoms with van der Waals surface area (Å²) in [6, 6.07) is 7.50. The van der Waals surface area contributed by atoms with Crippen molar-refractivity contribution in [3.8, 4) is 0 Å². The van der Waals surface area contributed by atoms with E-state index in [2.05, 4.69) is 42.3 Å². The van der Waals surface area contributed by atoms with Crippen LogP contribution in [0.25, 0.3) is 0 Å². The van der Waals surface area contributed by atoms with E-state index in [1.165, 1.54) is 5.69 Å². The Labute approximate surface area is 109 Å². The number of halogens is 1. The summed E-state index contributed by atoms with van der Waals surface area (Å²) in [5, 5.41) is 4.40. The van der Waals surface area contributed by atoms with E-state index in [4.69, 9.17) is 11.6 Å². The average molecular weight is 253 g/mol. The number of aryl methyl sites for hydroxylation is 1. The number of anilines is 1. The summed E-state index contributed by atoms with van der Waals surface area (Å²) < 4.78 is 0. The van der Waals surface area contributed by atoms with Gasteiger partial charge in [0.15, 0.2) is 0 Å². The fourth-order valence-corrected chi connectivity index (χ4v) is 2.57. The minimum atomic E-state index is 0.540. The molecule has 1 aromatic carbocycles. The summed E-state index contributed by atoms with van der Waals surface area (Å²) in [5.74, 6) is 0. The predicted molar refractivity (Wildman–Crippen MR) is 75.1 cm³/mol. The van der Waals surface area contributed by atoms with Gasteiger partial charge in [0.05, 0.1) is 0 Å². The summed E-state index contributed by atoms with van der Waals surface area (Å²) in [5.41, 5.74) is 2.40. The molecule has 94 valence electrons. The smallest absolute Gasteiger partial charge is 0.0455 e. The SMILES string of the molecule is CCC1CNC(C)CN1c1ccc(C)c(Cl)c1. The normalized spacial score (nSPS) is 25.1. The number of hydrogen-bond acceptors (Lipinski definition) is 2. The van der Waals surface area contributed by atoms with Crippen LogP contribution < -0.4 is 10.2 Å². The molecule has 1 saturated heterocycles. The summed E-state index contributed by atoms with van der Waals surface area (Å²) in [7, 11) is 0. The molecule has 2 unspecified atom stereocenters. The third kappa shape index (κ3) is 2.75. The summed E-state index contributed by atoms with van der Waals surface area (Å²) in [6.45, 7) is 8.63. The Morgan fingerprint density at radius 2 is 2.24 bits per heavy atom. The van der Waals surface area contributed by atoms with Crippen molar-refractivity contribution < 1.29 is 0 Å². The molecule has 1 fully saturated rings. The van der Waals surface area contributed by atoms with E-state index >= 15 is 0 Å². The molecule has 1 aliphatic rings. The third-order valence-electron chi connectivity index (χ3n) is 3.57. The molecular formula is C14H21ClN2. The zero-order valence-electron chi connectivity index (χ0n) is 10.8. The van der Waals surface area contributed by atoms with Crippen LogP contribution in [0, 0.1) is 6.92 Å². The minimum absolute atomic E-state index is 0.540. The zero-order chi connectivity index (χ0) is 12.4. The first-order valence-electron chi connectivity index (χ1n) is 6.38. The van der Waals surface area contributed by atoms with Gasteiger partial charge < -0.3 is 10.2 Å². The second-order valence-electron chi connectivity index (χ2n) is 4.96. The van der Waals surface area contributed by atoms with E-state index in [0.29, 0.717) is 12.1 Å². The molecule has 1 aromatic rings. The first-order valence-corrected chi connectivity index (χ1v) is 6.75. The first-order chi connectivity index (χ1) is 8.11. The highest BCUT2D eigenvalue weighted by Crippen LogP contribution is 2.26. The lowest BCUT2D eigenvalue weighted by atomic mass is 10.1. The Hall–Kier alpha value is -0.730. The van der Waals surface area contributed by atoms with Gasteiger partial charge in [0.1, 0.15) is 0 Å². The highest BCUT2D eigenvalue weighted by atomic mass is 35.5. The molecule has 1 N–H and O–H groups in total. The predicted octanol–water partition coefficient (Wildman–Crippen LogP) is 3.23. The molecule has 0 spiro atoms. The molecule has 0 saturated carbocycles. The number of rotatable bonds is 2. The van der Waals surface area contributed by atoms with Crippen molar-refractivity contribution in [2.24, 2.45) is 0 Å². The van der Waals surface area contributed by atoms with Crippen molar-refractivity contribution in [2.45, 2.75) is 39.3 Å². The van der Waals surface area contributed by atoms with Gasteiger partial charge in [-0.15, -0.1) is 0 Å². The fourth-order valence-electron chi connectivity index (χ4n) is 2.40. The molecule has 0 aromatic heterocycles. The Bertz CT molecular complexity index is 392. The monoisotopic (exact) mass is 252 g/mol. The minimum Gasteiger partial charge on any atom is -0.366 e. The molecular weight excluding hydrogens is 232 g/mol. The van der Waals surface area contributed by atoms with Gasteiger partial charge in [0, 0.05) is 35.9 Å². The summed E-state index contributed by atoms with van der Waals surface area (Å²) in [6.07, 6.45) is 1.16. The van der Waals surface area contributed by atoms with Crippen LogP contribution >= 0.6 is 11.6 Å². The third-order valence-corrected chi connectivity index (χ3v) is 3.98. The lowest BCUT2D eigenvalue weighted by molar-refractivity contribution is 0.402. The van der Waals surface area contributed by atoms with Crippen molar-refractivity contribution in [3.63, 3.8) is 0 Å². The maximum Gasteiger partial charge on any atom is 0.0455 e. The van der Waals surface area contributed by atoms with Crippen LogP contribution in [0.2, 0.25) is 5.02 Å². The molecule has 2 atom stereocenters. The number of hydrogen-bond donors (Lipinski definition) is 1. The molecule has 2 nitrogen and oxygen atoms in total. The Balaban J connectivity index is 2.25. The molecule has 2 rings (SSSR count). The maximum atomic E-state index is 6.22. The Morgan fingerprint density at radius 1 is 1.47 bits per heavy atom. The van der Waals surface area contributed by atoms with Crippen LogP contribution in [0.1, 0.15) is 25.8 Å². The molecule has 3 heteroatoms. The molecule has 17 heavy (non-hydrogen) atoms. The Kier molecular flexibility index (Phi) is 3.95. The topological polar surface area (TPSA) is 15.3 Å². The van der Waals surface area contributed by atoms with Gasteiger partial charge in [-0.3, -0.25) is 0 Å². The molecule has 0 radical (unpaired) electrons. The average Bonchev–Trinajstić information content (AvgIpc) is 2.32. The van der Waals surface area contributed by atoms with Gasteiger partial charge in [-0.25, -0.2) is 0 Å². The number of piperazine rings is 1. The van der Waals surface area contributed by atoms with E-state index in [1.807, 2.05) is 6.92 Å². The highest BCUT2D eigenvalue weighted by molar-refractivity contribution is 6.31. The van der Waals surface area contributed by atoms with Crippen LogP contribution in [-0.4, -0.2) is 25.2 Å². The van der Waals surface area contributed by atoms with Crippen LogP contribution in [0.4, 0.5) is 5.69 Å².